The quantitative estimate of drug-likeness (QED) is 0.852. The van der Waals surface area contributed by atoms with E-state index in [-0.39, 0.29) is 6.04 Å². The topological polar surface area (TPSA) is 37.8 Å². The van der Waals surface area contributed by atoms with Gasteiger partial charge in [0.05, 0.1) is 0 Å². The predicted molar refractivity (Wildman–Crippen MR) is 68.6 cm³/mol. The Kier molecular flexibility index (Phi) is 4.22. The Bertz CT molecular complexity index is 428. The van der Waals surface area contributed by atoms with Crippen LogP contribution in [0.5, 0.6) is 0 Å². The van der Waals surface area contributed by atoms with E-state index in [1.54, 1.807) is 6.20 Å². The molecule has 2 heterocycles. The summed E-state index contributed by atoms with van der Waals surface area (Å²) >= 11 is 0. The van der Waals surface area contributed by atoms with Crippen LogP contribution in [0.25, 0.3) is 0 Å². The van der Waals surface area contributed by atoms with Crippen LogP contribution in [0.3, 0.4) is 0 Å². The second-order valence-electron chi connectivity index (χ2n) is 3.92. The highest BCUT2D eigenvalue weighted by atomic mass is 14.9. The summed E-state index contributed by atoms with van der Waals surface area (Å²) in [5.41, 5.74) is 2.31. The summed E-state index contributed by atoms with van der Waals surface area (Å²) in [5.74, 6) is 0. The molecule has 88 valence electrons. The molecule has 1 unspecified atom stereocenters. The number of nitrogens with zero attached hydrogens (tertiary/aromatic N) is 2. The third kappa shape index (κ3) is 3.36. The summed E-state index contributed by atoms with van der Waals surface area (Å²) in [6.45, 7) is 3.05. The van der Waals surface area contributed by atoms with Crippen LogP contribution in [0.2, 0.25) is 0 Å². The molecule has 17 heavy (non-hydrogen) atoms. The van der Waals surface area contributed by atoms with Crippen molar-refractivity contribution < 1.29 is 0 Å². The summed E-state index contributed by atoms with van der Waals surface area (Å²) in [5, 5.41) is 3.47. The van der Waals surface area contributed by atoms with Crippen molar-refractivity contribution >= 4 is 0 Å². The largest absolute Gasteiger partial charge is 0.310 e. The van der Waals surface area contributed by atoms with Gasteiger partial charge in [0, 0.05) is 36.7 Å². The van der Waals surface area contributed by atoms with Gasteiger partial charge in [-0.2, -0.15) is 0 Å². The molecule has 0 aliphatic heterocycles. The number of hydrogen-bond acceptors (Lipinski definition) is 3. The van der Waals surface area contributed by atoms with Crippen molar-refractivity contribution in [3.05, 3.63) is 60.2 Å². The Morgan fingerprint density at radius 2 is 2.12 bits per heavy atom. The lowest BCUT2D eigenvalue weighted by Gasteiger charge is -2.17. The zero-order valence-corrected chi connectivity index (χ0v) is 10.0. The minimum atomic E-state index is 0.281. The molecule has 2 aromatic rings. The molecule has 2 aromatic heterocycles. The van der Waals surface area contributed by atoms with Crippen molar-refractivity contribution in [2.24, 2.45) is 0 Å². The van der Waals surface area contributed by atoms with Crippen molar-refractivity contribution in [2.75, 3.05) is 6.54 Å². The van der Waals surface area contributed by atoms with Gasteiger partial charge in [0.25, 0.3) is 0 Å². The number of pyridine rings is 2. The zero-order chi connectivity index (χ0) is 11.9. The van der Waals surface area contributed by atoms with Crippen LogP contribution >= 0.6 is 0 Å². The lowest BCUT2D eigenvalue weighted by atomic mass is 10.0. The van der Waals surface area contributed by atoms with E-state index in [1.165, 1.54) is 5.56 Å². The van der Waals surface area contributed by atoms with Gasteiger partial charge in [-0.15, -0.1) is 0 Å². The number of nitrogens with one attached hydrogen (secondary N) is 1. The molecular weight excluding hydrogens is 210 g/mol. The van der Waals surface area contributed by atoms with E-state index >= 15 is 0 Å². The van der Waals surface area contributed by atoms with Crippen LogP contribution in [-0.2, 0) is 6.42 Å². The Hall–Kier alpha value is -1.74. The Labute approximate surface area is 102 Å². The number of likely N-dealkylation sites (N-methyl/N-ethyl adjacent to an activating group) is 1. The first-order valence-electron chi connectivity index (χ1n) is 5.93. The molecule has 3 heteroatoms. The lowest BCUT2D eigenvalue weighted by molar-refractivity contribution is 0.542. The first-order valence-corrected chi connectivity index (χ1v) is 5.93. The standard InChI is InChI=1S/C14H17N3/c1-2-16-14(12-6-5-8-15-11-12)10-13-7-3-4-9-17-13/h3-9,11,14,16H,2,10H2,1H3. The van der Waals surface area contributed by atoms with Gasteiger partial charge in [0.15, 0.2) is 0 Å². The number of hydrogen-bond donors (Lipinski definition) is 1. The van der Waals surface area contributed by atoms with Gasteiger partial charge in [-0.25, -0.2) is 0 Å². The lowest BCUT2D eigenvalue weighted by Crippen LogP contribution is -2.23. The molecule has 0 saturated carbocycles. The Balaban J connectivity index is 2.13. The van der Waals surface area contributed by atoms with Crippen LogP contribution in [0.15, 0.2) is 48.9 Å². The van der Waals surface area contributed by atoms with Crippen LogP contribution in [0, 0.1) is 0 Å². The summed E-state index contributed by atoms with van der Waals surface area (Å²) in [6, 6.07) is 10.4. The zero-order valence-electron chi connectivity index (χ0n) is 10.0. The van der Waals surface area contributed by atoms with Crippen molar-refractivity contribution in [3.63, 3.8) is 0 Å². The smallest absolute Gasteiger partial charge is 0.0422 e. The number of aromatic nitrogens is 2. The molecule has 0 aliphatic carbocycles. The molecule has 1 N–H and O–H groups in total. The highest BCUT2D eigenvalue weighted by Crippen LogP contribution is 2.15. The van der Waals surface area contributed by atoms with Crippen molar-refractivity contribution in [1.29, 1.82) is 0 Å². The van der Waals surface area contributed by atoms with Gasteiger partial charge in [-0.1, -0.05) is 19.1 Å². The maximum Gasteiger partial charge on any atom is 0.0422 e. The molecule has 1 atom stereocenters. The van der Waals surface area contributed by atoms with E-state index in [1.807, 2.05) is 30.6 Å². The molecule has 0 aromatic carbocycles. The fourth-order valence-corrected chi connectivity index (χ4v) is 1.86. The van der Waals surface area contributed by atoms with Gasteiger partial charge in [0.2, 0.25) is 0 Å². The van der Waals surface area contributed by atoms with Crippen LogP contribution in [0.4, 0.5) is 0 Å². The Morgan fingerprint density at radius 1 is 1.18 bits per heavy atom. The second-order valence-corrected chi connectivity index (χ2v) is 3.92. The van der Waals surface area contributed by atoms with Crippen molar-refractivity contribution in [2.45, 2.75) is 19.4 Å². The molecule has 0 radical (unpaired) electrons. The van der Waals surface area contributed by atoms with Crippen LogP contribution in [0.1, 0.15) is 24.2 Å². The van der Waals surface area contributed by atoms with E-state index in [0.717, 1.165) is 18.7 Å². The van der Waals surface area contributed by atoms with E-state index in [9.17, 15) is 0 Å². The number of rotatable bonds is 5. The summed E-state index contributed by atoms with van der Waals surface area (Å²) in [6.07, 6.45) is 6.44. The fraction of sp³-hybridized carbons (Fsp3) is 0.286. The van der Waals surface area contributed by atoms with Gasteiger partial charge >= 0.3 is 0 Å². The minimum absolute atomic E-state index is 0.281. The maximum absolute atomic E-state index is 4.37. The summed E-state index contributed by atoms with van der Waals surface area (Å²) in [4.78, 5) is 8.53. The molecule has 0 spiro atoms. The highest BCUT2D eigenvalue weighted by Gasteiger charge is 2.11. The monoisotopic (exact) mass is 227 g/mol. The average molecular weight is 227 g/mol. The molecule has 0 amide bonds. The van der Waals surface area contributed by atoms with Crippen molar-refractivity contribution in [1.82, 2.24) is 15.3 Å². The van der Waals surface area contributed by atoms with Crippen molar-refractivity contribution in [3.8, 4) is 0 Å². The normalized spacial score (nSPS) is 12.3. The fourth-order valence-electron chi connectivity index (χ4n) is 1.86. The minimum Gasteiger partial charge on any atom is -0.310 e. The summed E-state index contributed by atoms with van der Waals surface area (Å²) in [7, 11) is 0. The SMILES string of the molecule is CCNC(Cc1ccccn1)c1cccnc1. The molecule has 0 fully saturated rings. The molecule has 0 bridgehead atoms. The molecule has 0 saturated heterocycles. The molecular formula is C14H17N3. The maximum atomic E-state index is 4.37. The highest BCUT2D eigenvalue weighted by molar-refractivity contribution is 5.17. The first kappa shape index (κ1) is 11.7. The first-order chi connectivity index (χ1) is 8.40. The average Bonchev–Trinajstić information content (AvgIpc) is 2.40. The van der Waals surface area contributed by atoms with E-state index in [4.69, 9.17) is 0 Å². The molecule has 2 rings (SSSR count). The van der Waals surface area contributed by atoms with Gasteiger partial charge in [-0.3, -0.25) is 9.97 Å². The third-order valence-corrected chi connectivity index (χ3v) is 2.68. The Morgan fingerprint density at radius 3 is 2.76 bits per heavy atom. The summed E-state index contributed by atoms with van der Waals surface area (Å²) < 4.78 is 0. The molecule has 3 nitrogen and oxygen atoms in total. The second kappa shape index (κ2) is 6.11. The van der Waals surface area contributed by atoms with Crippen LogP contribution < -0.4 is 5.32 Å². The van der Waals surface area contributed by atoms with E-state index < -0.39 is 0 Å². The van der Waals surface area contributed by atoms with Crippen LogP contribution in [-0.4, -0.2) is 16.5 Å². The predicted octanol–water partition coefficient (Wildman–Crippen LogP) is 2.37. The van der Waals surface area contributed by atoms with Gasteiger partial charge in [0.1, 0.15) is 0 Å². The van der Waals surface area contributed by atoms with E-state index in [0.29, 0.717) is 0 Å². The van der Waals surface area contributed by atoms with Gasteiger partial charge in [-0.05, 0) is 30.3 Å². The van der Waals surface area contributed by atoms with E-state index in [2.05, 4.69) is 34.3 Å². The third-order valence-electron chi connectivity index (χ3n) is 2.68. The molecule has 0 aliphatic rings. The van der Waals surface area contributed by atoms with Gasteiger partial charge < -0.3 is 5.32 Å².